The molecule has 0 amide bonds. The van der Waals surface area contributed by atoms with Gasteiger partial charge in [0.05, 0.1) is 12.2 Å². The Kier molecular flexibility index (Phi) is 6.37. The molecule has 0 aromatic rings. The summed E-state index contributed by atoms with van der Waals surface area (Å²) >= 11 is 0. The molecular formula is C14H29O3P. The second-order valence-electron chi connectivity index (χ2n) is 6.30. The van der Waals surface area contributed by atoms with Crippen LogP contribution < -0.4 is 0 Å². The second kappa shape index (κ2) is 7.07. The maximum absolute atomic E-state index is 12.8. The van der Waals surface area contributed by atoms with Crippen molar-refractivity contribution in [1.82, 2.24) is 0 Å². The van der Waals surface area contributed by atoms with Crippen LogP contribution >= 0.6 is 7.37 Å². The highest BCUT2D eigenvalue weighted by Gasteiger charge is 2.30. The highest BCUT2D eigenvalue weighted by Crippen LogP contribution is 2.51. The first-order valence-corrected chi connectivity index (χ1v) is 9.21. The van der Waals surface area contributed by atoms with Crippen LogP contribution in [-0.4, -0.2) is 24.7 Å². The molecule has 1 fully saturated rings. The van der Waals surface area contributed by atoms with Gasteiger partial charge in [-0.15, -0.1) is 0 Å². The third-order valence-corrected chi connectivity index (χ3v) is 5.64. The Balaban J connectivity index is 2.52. The van der Waals surface area contributed by atoms with E-state index in [1.54, 1.807) is 0 Å². The van der Waals surface area contributed by atoms with Crippen LogP contribution in [0.3, 0.4) is 0 Å². The van der Waals surface area contributed by atoms with Crippen LogP contribution in [-0.2, 0) is 13.8 Å². The average Bonchev–Trinajstić information content (AvgIpc) is 2.27. The first-order chi connectivity index (χ1) is 8.35. The molecule has 1 aliphatic rings. The van der Waals surface area contributed by atoms with Gasteiger partial charge in [-0.05, 0) is 46.5 Å². The zero-order chi connectivity index (χ0) is 13.6. The number of rotatable bonds is 6. The summed E-state index contributed by atoms with van der Waals surface area (Å²) in [6.45, 7) is 8.39. The van der Waals surface area contributed by atoms with Crippen molar-refractivity contribution in [1.29, 1.82) is 0 Å². The second-order valence-corrected chi connectivity index (χ2v) is 8.82. The van der Waals surface area contributed by atoms with Crippen molar-refractivity contribution >= 4 is 7.37 Å². The molecule has 1 saturated carbocycles. The van der Waals surface area contributed by atoms with E-state index in [4.69, 9.17) is 9.26 Å². The van der Waals surface area contributed by atoms with Gasteiger partial charge >= 0.3 is 0 Å². The fraction of sp³-hybridized carbons (Fsp3) is 1.00. The van der Waals surface area contributed by atoms with Crippen LogP contribution in [0.25, 0.3) is 0 Å². The fourth-order valence-corrected chi connectivity index (χ4v) is 4.92. The molecule has 3 nitrogen and oxygen atoms in total. The van der Waals surface area contributed by atoms with E-state index in [1.807, 2.05) is 27.7 Å². The van der Waals surface area contributed by atoms with Crippen molar-refractivity contribution in [3.05, 3.63) is 0 Å². The number of hydrogen-bond acceptors (Lipinski definition) is 3. The molecule has 1 rings (SSSR count). The maximum atomic E-state index is 12.8. The SMILES string of the molecule is CCOP(=O)(COC(C)(C)C)CC1CCCCC1. The first kappa shape index (κ1) is 16.2. The van der Waals surface area contributed by atoms with Gasteiger partial charge in [0, 0.05) is 6.16 Å². The quantitative estimate of drug-likeness (QED) is 0.662. The van der Waals surface area contributed by atoms with Crippen molar-refractivity contribution in [2.24, 2.45) is 5.92 Å². The van der Waals surface area contributed by atoms with Crippen molar-refractivity contribution < 1.29 is 13.8 Å². The summed E-state index contributed by atoms with van der Waals surface area (Å²) in [5.74, 6) is 0.569. The molecule has 1 unspecified atom stereocenters. The largest absolute Gasteiger partial charge is 0.366 e. The number of ether oxygens (including phenoxy) is 1. The van der Waals surface area contributed by atoms with Gasteiger partial charge in [-0.25, -0.2) is 0 Å². The molecule has 0 saturated heterocycles. The monoisotopic (exact) mass is 276 g/mol. The van der Waals surface area contributed by atoms with Crippen molar-refractivity contribution in [3.63, 3.8) is 0 Å². The van der Waals surface area contributed by atoms with E-state index in [2.05, 4.69) is 0 Å². The zero-order valence-electron chi connectivity index (χ0n) is 12.4. The van der Waals surface area contributed by atoms with Crippen molar-refractivity contribution in [3.8, 4) is 0 Å². The molecule has 0 N–H and O–H groups in total. The summed E-state index contributed by atoms with van der Waals surface area (Å²) in [5.41, 5.74) is -0.251. The molecule has 0 bridgehead atoms. The molecule has 0 radical (unpaired) electrons. The minimum atomic E-state index is -2.61. The molecule has 1 atom stereocenters. The average molecular weight is 276 g/mol. The molecule has 4 heteroatoms. The predicted molar refractivity (Wildman–Crippen MR) is 76.4 cm³/mol. The summed E-state index contributed by atoms with van der Waals surface area (Å²) in [4.78, 5) is 0. The van der Waals surface area contributed by atoms with E-state index in [9.17, 15) is 4.57 Å². The van der Waals surface area contributed by atoms with E-state index < -0.39 is 7.37 Å². The molecule has 0 aromatic carbocycles. The predicted octanol–water partition coefficient (Wildman–Crippen LogP) is 4.65. The van der Waals surface area contributed by atoms with Gasteiger partial charge in [-0.2, -0.15) is 0 Å². The molecule has 0 aliphatic heterocycles. The highest BCUT2D eigenvalue weighted by molar-refractivity contribution is 7.58. The third kappa shape index (κ3) is 6.36. The van der Waals surface area contributed by atoms with Crippen molar-refractivity contribution in [2.45, 2.75) is 65.4 Å². The van der Waals surface area contributed by atoms with Gasteiger partial charge in [0.15, 0.2) is 0 Å². The summed E-state index contributed by atoms with van der Waals surface area (Å²) in [6, 6.07) is 0. The Morgan fingerprint density at radius 1 is 1.17 bits per heavy atom. The molecular weight excluding hydrogens is 247 g/mol. The van der Waals surface area contributed by atoms with E-state index in [1.165, 1.54) is 32.1 Å². The third-order valence-electron chi connectivity index (χ3n) is 3.32. The molecule has 18 heavy (non-hydrogen) atoms. The lowest BCUT2D eigenvalue weighted by Crippen LogP contribution is -2.22. The first-order valence-electron chi connectivity index (χ1n) is 7.21. The van der Waals surface area contributed by atoms with Crippen LogP contribution in [0, 0.1) is 5.92 Å². The molecule has 0 aromatic heterocycles. The van der Waals surface area contributed by atoms with E-state index >= 15 is 0 Å². The lowest BCUT2D eigenvalue weighted by Gasteiger charge is -2.29. The van der Waals surface area contributed by atoms with Crippen molar-refractivity contribution in [2.75, 3.05) is 19.1 Å². The van der Waals surface area contributed by atoms with Gasteiger partial charge in [0.2, 0.25) is 7.37 Å². The molecule has 0 heterocycles. The van der Waals surface area contributed by atoms with Crippen LogP contribution in [0.15, 0.2) is 0 Å². The van der Waals surface area contributed by atoms with Crippen LogP contribution in [0.5, 0.6) is 0 Å². The minimum Gasteiger partial charge on any atom is -0.366 e. The Labute approximate surface area is 112 Å². The van der Waals surface area contributed by atoms with E-state index in [0.29, 0.717) is 18.7 Å². The van der Waals surface area contributed by atoms with Crippen LogP contribution in [0.4, 0.5) is 0 Å². The Hall–Kier alpha value is 0.150. The van der Waals surface area contributed by atoms with Gasteiger partial charge in [0.25, 0.3) is 0 Å². The molecule has 108 valence electrons. The summed E-state index contributed by atoms with van der Waals surface area (Å²) < 4.78 is 24.0. The Morgan fingerprint density at radius 2 is 1.78 bits per heavy atom. The smallest absolute Gasteiger partial charge is 0.228 e. The minimum absolute atomic E-state index is 0.251. The van der Waals surface area contributed by atoms with Gasteiger partial charge in [0.1, 0.15) is 6.35 Å². The fourth-order valence-electron chi connectivity index (χ4n) is 2.43. The van der Waals surface area contributed by atoms with Gasteiger partial charge in [-0.3, -0.25) is 4.57 Å². The Morgan fingerprint density at radius 3 is 2.28 bits per heavy atom. The summed E-state index contributed by atoms with van der Waals surface area (Å²) in [6.07, 6.45) is 7.25. The van der Waals surface area contributed by atoms with E-state index in [-0.39, 0.29) is 11.9 Å². The van der Waals surface area contributed by atoms with E-state index in [0.717, 1.165) is 0 Å². The standard InChI is InChI=1S/C14H29O3P/c1-5-17-18(15,12-16-14(2,3)4)11-13-9-7-6-8-10-13/h13H,5-12H2,1-4H3. The summed E-state index contributed by atoms with van der Waals surface area (Å²) in [7, 11) is -2.61. The lowest BCUT2D eigenvalue weighted by atomic mass is 9.91. The normalized spacial score (nSPS) is 21.8. The maximum Gasteiger partial charge on any atom is 0.228 e. The topological polar surface area (TPSA) is 35.5 Å². The zero-order valence-corrected chi connectivity index (χ0v) is 13.3. The van der Waals surface area contributed by atoms with Gasteiger partial charge < -0.3 is 9.26 Å². The lowest BCUT2D eigenvalue weighted by molar-refractivity contribution is 0.0197. The summed E-state index contributed by atoms with van der Waals surface area (Å²) in [5, 5.41) is 0. The molecule has 0 spiro atoms. The highest BCUT2D eigenvalue weighted by atomic mass is 31.2. The van der Waals surface area contributed by atoms with Crippen LogP contribution in [0.1, 0.15) is 59.8 Å². The van der Waals surface area contributed by atoms with Crippen LogP contribution in [0.2, 0.25) is 0 Å². The van der Waals surface area contributed by atoms with Gasteiger partial charge in [-0.1, -0.05) is 19.3 Å². The molecule has 1 aliphatic carbocycles. The Bertz CT molecular complexity index is 277. The number of hydrogen-bond donors (Lipinski definition) is 0.